The van der Waals surface area contributed by atoms with Gasteiger partial charge in [-0.3, -0.25) is 4.98 Å². The van der Waals surface area contributed by atoms with E-state index in [0.717, 1.165) is 16.9 Å². The van der Waals surface area contributed by atoms with Crippen molar-refractivity contribution in [3.05, 3.63) is 53.9 Å². The maximum Gasteiger partial charge on any atom is 0.0670 e. The maximum atomic E-state index is 8.76. The molecule has 1 heterocycles. The van der Waals surface area contributed by atoms with Gasteiger partial charge in [0.1, 0.15) is 0 Å². The van der Waals surface area contributed by atoms with Crippen molar-refractivity contribution in [2.24, 2.45) is 0 Å². The maximum absolute atomic E-state index is 8.76. The second kappa shape index (κ2) is 5.87. The first-order valence-corrected chi connectivity index (χ1v) is 6.13. The van der Waals surface area contributed by atoms with Crippen LogP contribution in [0.5, 0.6) is 0 Å². The van der Waals surface area contributed by atoms with Crippen molar-refractivity contribution in [3.63, 3.8) is 0 Å². The molecule has 4 heteroatoms. The van der Waals surface area contributed by atoms with Gasteiger partial charge in [0.15, 0.2) is 0 Å². The van der Waals surface area contributed by atoms with Crippen molar-refractivity contribution < 1.29 is 0 Å². The van der Waals surface area contributed by atoms with Crippen molar-refractivity contribution in [2.45, 2.75) is 19.4 Å². The van der Waals surface area contributed by atoms with E-state index in [1.54, 1.807) is 6.20 Å². The summed E-state index contributed by atoms with van der Waals surface area (Å²) >= 11 is 0. The molecule has 3 N–H and O–H groups in total. The quantitative estimate of drug-likeness (QED) is 0.820. The highest BCUT2D eigenvalue weighted by Crippen LogP contribution is 2.22. The third kappa shape index (κ3) is 3.23. The Balaban J connectivity index is 2.15. The highest BCUT2D eigenvalue weighted by molar-refractivity contribution is 5.58. The summed E-state index contributed by atoms with van der Waals surface area (Å²) in [5, 5.41) is 12.1. The molecule has 1 aromatic heterocycles. The topological polar surface area (TPSA) is 74.7 Å². The van der Waals surface area contributed by atoms with E-state index in [9.17, 15) is 0 Å². The molecular weight excluding hydrogens is 236 g/mol. The van der Waals surface area contributed by atoms with Gasteiger partial charge in [0, 0.05) is 17.6 Å². The normalized spacial score (nSPS) is 11.6. The third-order valence-corrected chi connectivity index (χ3v) is 2.93. The lowest BCUT2D eigenvalue weighted by molar-refractivity contribution is 0.839. The van der Waals surface area contributed by atoms with Crippen LogP contribution >= 0.6 is 0 Å². The molecule has 2 aromatic rings. The smallest absolute Gasteiger partial charge is 0.0670 e. The second-order valence-corrected chi connectivity index (χ2v) is 4.37. The molecule has 1 unspecified atom stereocenters. The summed E-state index contributed by atoms with van der Waals surface area (Å²) in [5.41, 5.74) is 9.24. The molecule has 96 valence electrons. The lowest BCUT2D eigenvalue weighted by Crippen LogP contribution is -2.08. The van der Waals surface area contributed by atoms with E-state index in [0.29, 0.717) is 12.1 Å². The lowest BCUT2D eigenvalue weighted by atomic mass is 10.1. The number of nitrogen functional groups attached to an aromatic ring is 1. The van der Waals surface area contributed by atoms with Crippen LogP contribution in [0.4, 0.5) is 11.4 Å². The molecule has 0 aliphatic carbocycles. The van der Waals surface area contributed by atoms with Gasteiger partial charge in [0.2, 0.25) is 0 Å². The van der Waals surface area contributed by atoms with Gasteiger partial charge in [0.05, 0.1) is 24.2 Å². The number of nitrogens with zero attached hydrogens (tertiary/aromatic N) is 2. The Kier molecular flexibility index (Phi) is 3.99. The highest BCUT2D eigenvalue weighted by atomic mass is 14.9. The Hall–Kier alpha value is -2.54. The van der Waals surface area contributed by atoms with Crippen LogP contribution in [0.2, 0.25) is 0 Å². The number of nitrogens with one attached hydrogen (secondary N) is 1. The summed E-state index contributed by atoms with van der Waals surface area (Å²) in [5.74, 6) is 0. The molecule has 0 amide bonds. The van der Waals surface area contributed by atoms with Gasteiger partial charge in [-0.2, -0.15) is 5.26 Å². The van der Waals surface area contributed by atoms with Crippen LogP contribution < -0.4 is 11.1 Å². The number of anilines is 2. The first-order chi connectivity index (χ1) is 9.20. The van der Waals surface area contributed by atoms with Crippen LogP contribution in [0.25, 0.3) is 0 Å². The fourth-order valence-corrected chi connectivity index (χ4v) is 1.89. The SMILES string of the molecule is CC(Nc1ccc(N)c(CC#N)c1)c1ccccn1. The summed E-state index contributed by atoms with van der Waals surface area (Å²) in [6.45, 7) is 2.04. The minimum absolute atomic E-state index is 0.0970. The Morgan fingerprint density at radius 3 is 2.89 bits per heavy atom. The van der Waals surface area contributed by atoms with E-state index in [2.05, 4.69) is 16.4 Å². The Bertz CT molecular complexity index is 587. The zero-order chi connectivity index (χ0) is 13.7. The number of hydrogen-bond acceptors (Lipinski definition) is 4. The Morgan fingerprint density at radius 2 is 2.21 bits per heavy atom. The van der Waals surface area contributed by atoms with E-state index < -0.39 is 0 Å². The molecule has 19 heavy (non-hydrogen) atoms. The molecule has 0 bridgehead atoms. The first kappa shape index (κ1) is 12.9. The minimum Gasteiger partial charge on any atom is -0.398 e. The first-order valence-electron chi connectivity index (χ1n) is 6.13. The Labute approximate surface area is 112 Å². The van der Waals surface area contributed by atoms with Gasteiger partial charge in [-0.15, -0.1) is 0 Å². The number of nitriles is 1. The summed E-state index contributed by atoms with van der Waals surface area (Å²) in [7, 11) is 0. The standard InChI is InChI=1S/C15H16N4/c1-11(15-4-2-3-9-18-15)19-13-5-6-14(17)12(10-13)7-8-16/h2-6,9-11,19H,7,17H2,1H3. The van der Waals surface area contributed by atoms with Gasteiger partial charge in [-0.05, 0) is 42.8 Å². The van der Waals surface area contributed by atoms with Gasteiger partial charge in [0.25, 0.3) is 0 Å². The molecule has 0 saturated heterocycles. The van der Waals surface area contributed by atoms with Crippen LogP contribution in [0.15, 0.2) is 42.6 Å². The molecule has 0 aliphatic rings. The number of nitrogens with two attached hydrogens (primary N) is 1. The average molecular weight is 252 g/mol. The van der Waals surface area contributed by atoms with Crippen LogP contribution in [-0.4, -0.2) is 4.98 Å². The predicted molar refractivity (Wildman–Crippen MR) is 76.4 cm³/mol. The summed E-state index contributed by atoms with van der Waals surface area (Å²) in [6.07, 6.45) is 2.09. The van der Waals surface area contributed by atoms with Crippen LogP contribution in [0, 0.1) is 11.3 Å². The molecule has 0 radical (unpaired) electrons. The molecule has 1 aromatic carbocycles. The van der Waals surface area contributed by atoms with Crippen molar-refractivity contribution >= 4 is 11.4 Å². The average Bonchev–Trinajstić information content (AvgIpc) is 2.44. The van der Waals surface area contributed by atoms with E-state index in [1.807, 2.05) is 43.3 Å². The molecule has 0 saturated carbocycles. The number of pyridine rings is 1. The van der Waals surface area contributed by atoms with E-state index in [4.69, 9.17) is 11.0 Å². The summed E-state index contributed by atoms with van der Waals surface area (Å²) in [6, 6.07) is 13.7. The van der Waals surface area contributed by atoms with Crippen molar-refractivity contribution in [1.29, 1.82) is 5.26 Å². The number of aromatic nitrogens is 1. The summed E-state index contributed by atoms with van der Waals surface area (Å²) < 4.78 is 0. The Morgan fingerprint density at radius 1 is 1.37 bits per heavy atom. The van der Waals surface area contributed by atoms with E-state index in [1.165, 1.54) is 0 Å². The zero-order valence-corrected chi connectivity index (χ0v) is 10.8. The monoisotopic (exact) mass is 252 g/mol. The van der Waals surface area contributed by atoms with Crippen molar-refractivity contribution in [1.82, 2.24) is 4.98 Å². The number of benzene rings is 1. The molecule has 1 atom stereocenters. The summed E-state index contributed by atoms with van der Waals surface area (Å²) in [4.78, 5) is 4.31. The van der Waals surface area contributed by atoms with Crippen molar-refractivity contribution in [2.75, 3.05) is 11.1 Å². The predicted octanol–water partition coefficient (Wildman–Crippen LogP) is 2.90. The largest absolute Gasteiger partial charge is 0.398 e. The van der Waals surface area contributed by atoms with Gasteiger partial charge >= 0.3 is 0 Å². The molecule has 0 fully saturated rings. The number of rotatable bonds is 4. The third-order valence-electron chi connectivity index (χ3n) is 2.93. The number of hydrogen-bond donors (Lipinski definition) is 2. The minimum atomic E-state index is 0.0970. The molecule has 4 nitrogen and oxygen atoms in total. The van der Waals surface area contributed by atoms with Crippen LogP contribution in [0.1, 0.15) is 24.2 Å². The van der Waals surface area contributed by atoms with Crippen LogP contribution in [0.3, 0.4) is 0 Å². The molecule has 0 aliphatic heterocycles. The lowest BCUT2D eigenvalue weighted by Gasteiger charge is -2.15. The van der Waals surface area contributed by atoms with E-state index >= 15 is 0 Å². The van der Waals surface area contributed by atoms with Crippen LogP contribution in [-0.2, 0) is 6.42 Å². The van der Waals surface area contributed by atoms with Gasteiger partial charge in [-0.25, -0.2) is 0 Å². The van der Waals surface area contributed by atoms with Gasteiger partial charge < -0.3 is 11.1 Å². The van der Waals surface area contributed by atoms with Gasteiger partial charge in [-0.1, -0.05) is 6.07 Å². The molecule has 0 spiro atoms. The zero-order valence-electron chi connectivity index (χ0n) is 10.8. The van der Waals surface area contributed by atoms with Crippen molar-refractivity contribution in [3.8, 4) is 6.07 Å². The second-order valence-electron chi connectivity index (χ2n) is 4.37. The molecular formula is C15H16N4. The van der Waals surface area contributed by atoms with E-state index in [-0.39, 0.29) is 6.04 Å². The molecule has 2 rings (SSSR count). The fourth-order valence-electron chi connectivity index (χ4n) is 1.89. The highest BCUT2D eigenvalue weighted by Gasteiger charge is 2.07. The fraction of sp³-hybridized carbons (Fsp3) is 0.200.